The summed E-state index contributed by atoms with van der Waals surface area (Å²) in [6, 6.07) is 12.8. The summed E-state index contributed by atoms with van der Waals surface area (Å²) in [7, 11) is -3.49. The largest absolute Gasteiger partial charge is 0.349 e. The zero-order valence-corrected chi connectivity index (χ0v) is 19.4. The average Bonchev–Trinajstić information content (AvgIpc) is 2.71. The molecule has 1 amide bonds. The fourth-order valence-corrected chi connectivity index (χ4v) is 5.47. The van der Waals surface area contributed by atoms with Crippen molar-refractivity contribution in [1.82, 2.24) is 9.62 Å². The lowest BCUT2D eigenvalue weighted by Crippen LogP contribution is -2.43. The van der Waals surface area contributed by atoms with Crippen LogP contribution in [0, 0.1) is 12.8 Å². The molecule has 0 aromatic heterocycles. The van der Waals surface area contributed by atoms with E-state index < -0.39 is 10.0 Å². The zero-order chi connectivity index (χ0) is 21.9. The summed E-state index contributed by atoms with van der Waals surface area (Å²) in [6.07, 6.45) is 1.01. The maximum atomic E-state index is 12.8. The molecule has 1 aliphatic heterocycles. The maximum Gasteiger partial charge on any atom is 0.223 e. The number of carbonyl (C=O) groups is 1. The molecule has 5 nitrogen and oxygen atoms in total. The van der Waals surface area contributed by atoms with Crippen molar-refractivity contribution < 1.29 is 13.2 Å². The van der Waals surface area contributed by atoms with Crippen molar-refractivity contribution in [3.8, 4) is 0 Å². The second-order valence-corrected chi connectivity index (χ2v) is 10.6. The highest BCUT2D eigenvalue weighted by Crippen LogP contribution is 2.26. The van der Waals surface area contributed by atoms with E-state index in [-0.39, 0.29) is 23.6 Å². The Bertz CT molecular complexity index is 1000. The quantitative estimate of drug-likeness (QED) is 0.666. The van der Waals surface area contributed by atoms with Gasteiger partial charge in [0.1, 0.15) is 0 Å². The van der Waals surface area contributed by atoms with Crippen molar-refractivity contribution >= 4 is 39.1 Å². The molecule has 8 heteroatoms. The predicted molar refractivity (Wildman–Crippen MR) is 121 cm³/mol. The summed E-state index contributed by atoms with van der Waals surface area (Å²) >= 11 is 11.9. The second-order valence-electron chi connectivity index (χ2n) is 7.82. The van der Waals surface area contributed by atoms with Gasteiger partial charge in [0.25, 0.3) is 0 Å². The summed E-state index contributed by atoms with van der Waals surface area (Å²) in [4.78, 5) is 12.7. The van der Waals surface area contributed by atoms with Gasteiger partial charge in [-0.2, -0.15) is 0 Å². The van der Waals surface area contributed by atoms with Crippen molar-refractivity contribution in [1.29, 1.82) is 0 Å². The first-order chi connectivity index (χ1) is 14.2. The summed E-state index contributed by atoms with van der Waals surface area (Å²) < 4.78 is 27.0. The Hall–Kier alpha value is -1.60. The Morgan fingerprint density at radius 1 is 1.10 bits per heavy atom. The molecule has 2 aromatic rings. The smallest absolute Gasteiger partial charge is 0.223 e. The van der Waals surface area contributed by atoms with Crippen LogP contribution in [0.1, 0.15) is 42.5 Å². The van der Waals surface area contributed by atoms with Gasteiger partial charge in [0, 0.05) is 19.0 Å². The Balaban J connectivity index is 1.54. The van der Waals surface area contributed by atoms with Gasteiger partial charge >= 0.3 is 0 Å². The number of carbonyl (C=O) groups excluding carboxylic acids is 1. The van der Waals surface area contributed by atoms with Crippen molar-refractivity contribution in [2.45, 2.75) is 38.5 Å². The van der Waals surface area contributed by atoms with E-state index in [2.05, 4.69) is 5.32 Å². The molecule has 3 rings (SSSR count). The molecular formula is C22H26Cl2N2O3S. The molecule has 0 saturated carbocycles. The minimum atomic E-state index is -3.49. The van der Waals surface area contributed by atoms with E-state index >= 15 is 0 Å². The van der Waals surface area contributed by atoms with Gasteiger partial charge in [-0.3, -0.25) is 4.79 Å². The van der Waals surface area contributed by atoms with Crippen LogP contribution in [0.3, 0.4) is 0 Å². The number of benzene rings is 2. The minimum absolute atomic E-state index is 0.0235. The van der Waals surface area contributed by atoms with Gasteiger partial charge < -0.3 is 5.32 Å². The molecule has 1 atom stereocenters. The Morgan fingerprint density at radius 3 is 2.33 bits per heavy atom. The molecule has 1 N–H and O–H groups in total. The van der Waals surface area contributed by atoms with Gasteiger partial charge in [-0.05, 0) is 49.9 Å². The highest BCUT2D eigenvalue weighted by molar-refractivity contribution is 7.88. The summed E-state index contributed by atoms with van der Waals surface area (Å²) in [5.74, 6) is -0.343. The van der Waals surface area contributed by atoms with E-state index in [0.717, 1.165) is 5.56 Å². The van der Waals surface area contributed by atoms with Gasteiger partial charge in [-0.15, -0.1) is 0 Å². The standard InChI is InChI=1S/C22H26Cl2N2O3S/c1-15-3-6-18(7-4-15)16(2)25-22(27)19-9-11-26(12-10-19)30(28,29)14-17-5-8-20(23)21(24)13-17/h3-8,13,16,19H,9-12,14H2,1-2H3,(H,25,27)/t16-/m1/s1. The van der Waals surface area contributed by atoms with Crippen LogP contribution >= 0.6 is 23.2 Å². The van der Waals surface area contributed by atoms with Crippen LogP contribution in [0.5, 0.6) is 0 Å². The first kappa shape index (κ1) is 23.1. The third-order valence-electron chi connectivity index (χ3n) is 5.49. The molecule has 162 valence electrons. The zero-order valence-electron chi connectivity index (χ0n) is 17.1. The first-order valence-electron chi connectivity index (χ1n) is 9.94. The average molecular weight is 469 g/mol. The van der Waals surface area contributed by atoms with Gasteiger partial charge in [-0.1, -0.05) is 59.1 Å². The fraction of sp³-hybridized carbons (Fsp3) is 0.409. The number of piperidine rings is 1. The van der Waals surface area contributed by atoms with E-state index in [0.29, 0.717) is 41.5 Å². The molecule has 30 heavy (non-hydrogen) atoms. The molecule has 1 fully saturated rings. The topological polar surface area (TPSA) is 66.5 Å². The van der Waals surface area contributed by atoms with Crippen LogP contribution in [-0.2, 0) is 20.6 Å². The molecule has 0 unspecified atom stereocenters. The highest BCUT2D eigenvalue weighted by atomic mass is 35.5. The lowest BCUT2D eigenvalue weighted by Gasteiger charge is -2.31. The number of hydrogen-bond acceptors (Lipinski definition) is 3. The van der Waals surface area contributed by atoms with Gasteiger partial charge in [0.05, 0.1) is 21.8 Å². The van der Waals surface area contributed by atoms with Crippen molar-refractivity contribution in [2.75, 3.05) is 13.1 Å². The Labute approximate surface area is 188 Å². The third kappa shape index (κ3) is 5.76. The number of aryl methyl sites for hydroxylation is 1. The van der Waals surface area contributed by atoms with Crippen LogP contribution in [0.4, 0.5) is 0 Å². The maximum absolute atomic E-state index is 12.8. The van der Waals surface area contributed by atoms with Gasteiger partial charge in [0.2, 0.25) is 15.9 Å². The molecule has 0 bridgehead atoms. The molecule has 0 aliphatic carbocycles. The van der Waals surface area contributed by atoms with E-state index in [4.69, 9.17) is 23.2 Å². The molecular weight excluding hydrogens is 443 g/mol. The van der Waals surface area contributed by atoms with Gasteiger partial charge in [-0.25, -0.2) is 12.7 Å². The summed E-state index contributed by atoms with van der Waals surface area (Å²) in [5.41, 5.74) is 2.82. The van der Waals surface area contributed by atoms with E-state index in [1.807, 2.05) is 38.1 Å². The molecule has 0 radical (unpaired) electrons. The third-order valence-corrected chi connectivity index (χ3v) is 8.08. The van der Waals surface area contributed by atoms with Crippen LogP contribution in [0.25, 0.3) is 0 Å². The van der Waals surface area contributed by atoms with Crippen LogP contribution in [0.2, 0.25) is 10.0 Å². The Kier molecular flexibility index (Phi) is 7.45. The van der Waals surface area contributed by atoms with E-state index in [9.17, 15) is 13.2 Å². The molecule has 1 heterocycles. The highest BCUT2D eigenvalue weighted by Gasteiger charge is 2.31. The van der Waals surface area contributed by atoms with Gasteiger partial charge in [0.15, 0.2) is 0 Å². The lowest BCUT2D eigenvalue weighted by atomic mass is 9.96. The monoisotopic (exact) mass is 468 g/mol. The van der Waals surface area contributed by atoms with E-state index in [1.165, 1.54) is 9.87 Å². The second kappa shape index (κ2) is 9.69. The number of hydrogen-bond donors (Lipinski definition) is 1. The number of halogens is 2. The molecule has 2 aromatic carbocycles. The Morgan fingerprint density at radius 2 is 1.73 bits per heavy atom. The summed E-state index contributed by atoms with van der Waals surface area (Å²) in [5, 5.41) is 3.78. The van der Waals surface area contributed by atoms with Crippen LogP contribution < -0.4 is 5.32 Å². The minimum Gasteiger partial charge on any atom is -0.349 e. The lowest BCUT2D eigenvalue weighted by molar-refractivity contribution is -0.126. The fourth-order valence-electron chi connectivity index (χ4n) is 3.60. The SMILES string of the molecule is Cc1ccc([C@@H](C)NC(=O)C2CCN(S(=O)(=O)Cc3ccc(Cl)c(Cl)c3)CC2)cc1. The predicted octanol–water partition coefficient (Wildman–Crippen LogP) is 4.72. The molecule has 0 spiro atoms. The number of nitrogens with zero attached hydrogens (tertiary/aromatic N) is 1. The van der Waals surface area contributed by atoms with Crippen molar-refractivity contribution in [3.05, 3.63) is 69.2 Å². The number of sulfonamides is 1. The summed E-state index contributed by atoms with van der Waals surface area (Å²) in [6.45, 7) is 4.65. The van der Waals surface area contributed by atoms with Crippen LogP contribution in [0.15, 0.2) is 42.5 Å². The number of nitrogens with one attached hydrogen (secondary N) is 1. The van der Waals surface area contributed by atoms with Crippen LogP contribution in [-0.4, -0.2) is 31.7 Å². The number of amides is 1. The molecule has 1 aliphatic rings. The first-order valence-corrected chi connectivity index (χ1v) is 12.3. The van der Waals surface area contributed by atoms with Crippen molar-refractivity contribution in [2.24, 2.45) is 5.92 Å². The van der Waals surface area contributed by atoms with E-state index in [1.54, 1.807) is 18.2 Å². The van der Waals surface area contributed by atoms with Crippen molar-refractivity contribution in [3.63, 3.8) is 0 Å². The molecule has 1 saturated heterocycles. The normalized spacial score (nSPS) is 16.9. The number of rotatable bonds is 6.